The highest BCUT2D eigenvalue weighted by Gasteiger charge is 2.16. The summed E-state index contributed by atoms with van der Waals surface area (Å²) >= 11 is 12.1. The lowest BCUT2D eigenvalue weighted by atomic mass is 10.1. The summed E-state index contributed by atoms with van der Waals surface area (Å²) in [5, 5.41) is 6.74. The van der Waals surface area contributed by atoms with Gasteiger partial charge in [-0.1, -0.05) is 53.5 Å². The second-order valence-electron chi connectivity index (χ2n) is 7.31. The van der Waals surface area contributed by atoms with Gasteiger partial charge in [0.2, 0.25) is 0 Å². The van der Waals surface area contributed by atoms with E-state index in [0.717, 1.165) is 11.9 Å². The van der Waals surface area contributed by atoms with Crippen molar-refractivity contribution in [3.63, 3.8) is 0 Å². The molecule has 0 spiro atoms. The van der Waals surface area contributed by atoms with Crippen LogP contribution in [0.4, 0.5) is 10.1 Å². The average Bonchev–Trinajstić information content (AvgIpc) is 2.81. The van der Waals surface area contributed by atoms with Gasteiger partial charge in [-0.05, 0) is 48.0 Å². The molecule has 3 aromatic carbocycles. The van der Waals surface area contributed by atoms with Crippen LogP contribution < -0.4 is 15.6 Å². The van der Waals surface area contributed by atoms with E-state index in [-0.39, 0.29) is 26.9 Å². The zero-order valence-corrected chi connectivity index (χ0v) is 19.9. The maximum atomic E-state index is 13.9. The van der Waals surface area contributed by atoms with Gasteiger partial charge in [0.15, 0.2) is 0 Å². The number of amides is 2. The van der Waals surface area contributed by atoms with E-state index in [2.05, 4.69) is 15.8 Å². The van der Waals surface area contributed by atoms with E-state index in [0.29, 0.717) is 5.56 Å². The Morgan fingerprint density at radius 2 is 1.62 bits per heavy atom. The summed E-state index contributed by atoms with van der Waals surface area (Å²) in [5.74, 6) is -1.88. The maximum Gasteiger partial charge on any atom is 0.287 e. The second-order valence-corrected chi connectivity index (χ2v) is 8.13. The van der Waals surface area contributed by atoms with Crippen LogP contribution in [0.5, 0.6) is 0 Å². The number of nitrogens with one attached hydrogen (secondary N) is 2. The van der Waals surface area contributed by atoms with Gasteiger partial charge in [-0.25, -0.2) is 9.82 Å². The van der Waals surface area contributed by atoms with Gasteiger partial charge in [0.25, 0.3) is 11.8 Å². The van der Waals surface area contributed by atoms with Crippen molar-refractivity contribution in [3.05, 3.63) is 105 Å². The minimum absolute atomic E-state index is 0.0226. The molecule has 0 aromatic heterocycles. The van der Waals surface area contributed by atoms with Gasteiger partial charge in [-0.2, -0.15) is 5.10 Å². The first-order valence-corrected chi connectivity index (χ1v) is 10.8. The summed E-state index contributed by atoms with van der Waals surface area (Å²) in [6.07, 6.45) is 2.59. The lowest BCUT2D eigenvalue weighted by Crippen LogP contribution is -2.33. The van der Waals surface area contributed by atoms with Crippen molar-refractivity contribution in [1.29, 1.82) is 0 Å². The number of halogens is 3. The van der Waals surface area contributed by atoms with Crippen molar-refractivity contribution >= 4 is 53.0 Å². The van der Waals surface area contributed by atoms with E-state index in [1.807, 2.05) is 31.1 Å². The fourth-order valence-electron chi connectivity index (χ4n) is 2.88. The molecule has 0 heterocycles. The molecular weight excluding hydrogens is 478 g/mol. The summed E-state index contributed by atoms with van der Waals surface area (Å²) in [5.41, 5.74) is 4.06. The largest absolute Gasteiger partial charge is 0.378 e. The molecule has 0 bridgehead atoms. The molecule has 2 N–H and O–H groups in total. The smallest absolute Gasteiger partial charge is 0.287 e. The first-order valence-electron chi connectivity index (χ1n) is 10.1. The number of benzene rings is 3. The summed E-state index contributed by atoms with van der Waals surface area (Å²) in [7, 11) is 3.82. The number of carbonyl (C=O) groups is 2. The normalized spacial score (nSPS) is 11.4. The Morgan fingerprint density at radius 1 is 0.941 bits per heavy atom. The van der Waals surface area contributed by atoms with Gasteiger partial charge in [0.05, 0.1) is 21.8 Å². The van der Waals surface area contributed by atoms with E-state index in [4.69, 9.17) is 23.2 Å². The quantitative estimate of drug-likeness (QED) is 0.269. The first-order chi connectivity index (χ1) is 16.3. The zero-order valence-electron chi connectivity index (χ0n) is 18.4. The van der Waals surface area contributed by atoms with Crippen LogP contribution in [-0.4, -0.2) is 32.1 Å². The Kier molecular flexibility index (Phi) is 8.40. The molecule has 0 aliphatic carbocycles. The van der Waals surface area contributed by atoms with Crippen molar-refractivity contribution in [2.24, 2.45) is 5.10 Å². The molecule has 6 nitrogen and oxygen atoms in total. The Bertz CT molecular complexity index is 1240. The van der Waals surface area contributed by atoms with Gasteiger partial charge in [0, 0.05) is 25.3 Å². The highest BCUT2D eigenvalue weighted by atomic mass is 35.5. The van der Waals surface area contributed by atoms with Gasteiger partial charge in [-0.15, -0.1) is 0 Å². The predicted octanol–water partition coefficient (Wildman–Crippen LogP) is 5.12. The number of carbonyl (C=O) groups excluding carboxylic acids is 2. The standard InChI is InChI=1S/C25H21Cl2FN4O2/c1-32(2)17-12-10-16(11-13-17)14-23(30-24(33)18-6-3-4-7-20(18)26)25(34)31-29-15-19-21(27)8-5-9-22(19)28/h3-15H,1-2H3,(H,30,33)(H,31,34)/b23-14+,29-15+. The molecule has 0 radical (unpaired) electrons. The number of anilines is 1. The fraction of sp³-hybridized carbons (Fsp3) is 0.0800. The molecule has 0 fully saturated rings. The van der Waals surface area contributed by atoms with Crippen LogP contribution in [-0.2, 0) is 4.79 Å². The van der Waals surface area contributed by atoms with Gasteiger partial charge in [0.1, 0.15) is 11.5 Å². The zero-order chi connectivity index (χ0) is 24.7. The van der Waals surface area contributed by atoms with Gasteiger partial charge < -0.3 is 10.2 Å². The second kappa shape index (κ2) is 11.4. The van der Waals surface area contributed by atoms with Crippen LogP contribution in [0, 0.1) is 5.82 Å². The Hall–Kier alpha value is -3.68. The summed E-state index contributed by atoms with van der Waals surface area (Å²) in [6.45, 7) is 0. The monoisotopic (exact) mass is 498 g/mol. The highest BCUT2D eigenvalue weighted by Crippen LogP contribution is 2.18. The van der Waals surface area contributed by atoms with Crippen molar-refractivity contribution in [1.82, 2.24) is 10.7 Å². The molecule has 0 aliphatic heterocycles. The van der Waals surface area contributed by atoms with Crippen molar-refractivity contribution < 1.29 is 14.0 Å². The van der Waals surface area contributed by atoms with E-state index >= 15 is 0 Å². The maximum absolute atomic E-state index is 13.9. The number of hydrazone groups is 1. The minimum atomic E-state index is -0.721. The summed E-state index contributed by atoms with van der Waals surface area (Å²) in [4.78, 5) is 27.6. The third-order valence-electron chi connectivity index (χ3n) is 4.69. The predicted molar refractivity (Wildman–Crippen MR) is 135 cm³/mol. The van der Waals surface area contributed by atoms with Gasteiger partial charge >= 0.3 is 0 Å². The molecular formula is C25H21Cl2FN4O2. The lowest BCUT2D eigenvalue weighted by Gasteiger charge is -2.13. The Balaban J connectivity index is 1.87. The van der Waals surface area contributed by atoms with Crippen LogP contribution in [0.2, 0.25) is 10.0 Å². The molecule has 0 unspecified atom stereocenters. The number of rotatable bonds is 7. The summed E-state index contributed by atoms with van der Waals surface area (Å²) < 4.78 is 13.9. The fourth-order valence-corrected chi connectivity index (χ4v) is 3.31. The Morgan fingerprint density at radius 3 is 2.26 bits per heavy atom. The van der Waals surface area contributed by atoms with Crippen molar-refractivity contribution in [2.45, 2.75) is 0 Å². The minimum Gasteiger partial charge on any atom is -0.378 e. The number of hydrogen-bond acceptors (Lipinski definition) is 4. The van der Waals surface area contributed by atoms with Gasteiger partial charge in [-0.3, -0.25) is 9.59 Å². The number of hydrogen-bond donors (Lipinski definition) is 2. The topological polar surface area (TPSA) is 73.8 Å². The van der Waals surface area contributed by atoms with Crippen molar-refractivity contribution in [2.75, 3.05) is 19.0 Å². The third-order valence-corrected chi connectivity index (χ3v) is 5.35. The van der Waals surface area contributed by atoms with Crippen molar-refractivity contribution in [3.8, 4) is 0 Å². The molecule has 34 heavy (non-hydrogen) atoms. The molecule has 0 aliphatic rings. The van der Waals surface area contributed by atoms with E-state index < -0.39 is 17.6 Å². The number of nitrogens with zero attached hydrogens (tertiary/aromatic N) is 2. The summed E-state index contributed by atoms with van der Waals surface area (Å²) in [6, 6.07) is 18.0. The third kappa shape index (κ3) is 6.43. The molecule has 0 atom stereocenters. The molecule has 2 amide bonds. The first kappa shape index (κ1) is 25.0. The van der Waals surface area contributed by atoms with Crippen LogP contribution in [0.25, 0.3) is 6.08 Å². The SMILES string of the molecule is CN(C)c1ccc(/C=C(/NC(=O)c2ccccc2Cl)C(=O)N/N=C/c2c(F)cccc2Cl)cc1. The van der Waals surface area contributed by atoms with E-state index in [1.54, 1.807) is 30.3 Å². The van der Waals surface area contributed by atoms with Crippen LogP contribution in [0.1, 0.15) is 21.5 Å². The van der Waals surface area contributed by atoms with Crippen LogP contribution in [0.15, 0.2) is 77.5 Å². The van der Waals surface area contributed by atoms with E-state index in [1.165, 1.54) is 30.3 Å². The molecule has 0 saturated carbocycles. The van der Waals surface area contributed by atoms with E-state index in [9.17, 15) is 14.0 Å². The highest BCUT2D eigenvalue weighted by molar-refractivity contribution is 6.34. The molecule has 0 saturated heterocycles. The van der Waals surface area contributed by atoms with Crippen LogP contribution >= 0.6 is 23.2 Å². The average molecular weight is 499 g/mol. The van der Waals surface area contributed by atoms with Crippen LogP contribution in [0.3, 0.4) is 0 Å². The molecule has 9 heteroatoms. The molecule has 3 rings (SSSR count). The Labute approximate surface area is 206 Å². The lowest BCUT2D eigenvalue weighted by molar-refractivity contribution is -0.117. The molecule has 3 aromatic rings. The molecule has 174 valence electrons.